The Morgan fingerprint density at radius 3 is 2.61 bits per heavy atom. The summed E-state index contributed by atoms with van der Waals surface area (Å²) in [7, 11) is 0. The zero-order chi connectivity index (χ0) is 18.9. The van der Waals surface area contributed by atoms with Crippen LogP contribution in [0, 0.1) is 0 Å². The molecule has 5 rings (SSSR count). The third-order valence-corrected chi connectivity index (χ3v) is 4.96. The van der Waals surface area contributed by atoms with E-state index in [1.807, 2.05) is 54.6 Å². The van der Waals surface area contributed by atoms with Crippen LogP contribution >= 0.6 is 0 Å². The molecule has 28 heavy (non-hydrogen) atoms. The van der Waals surface area contributed by atoms with E-state index in [4.69, 9.17) is 9.26 Å². The minimum atomic E-state index is -0.120. The van der Waals surface area contributed by atoms with Crippen LogP contribution in [0.3, 0.4) is 0 Å². The number of anilines is 1. The minimum Gasteiger partial charge on any atom is -0.486 e. The topological polar surface area (TPSA) is 80.5 Å². The van der Waals surface area contributed by atoms with Gasteiger partial charge in [0.1, 0.15) is 11.9 Å². The average molecular weight is 376 g/mol. The van der Waals surface area contributed by atoms with Crippen LogP contribution < -0.4 is 10.1 Å². The zero-order valence-electron chi connectivity index (χ0n) is 15.2. The fourth-order valence-corrected chi connectivity index (χ4v) is 3.18. The van der Waals surface area contributed by atoms with Crippen LogP contribution in [-0.4, -0.2) is 40.3 Å². The van der Waals surface area contributed by atoms with Crippen LogP contribution in [-0.2, 0) is 0 Å². The summed E-state index contributed by atoms with van der Waals surface area (Å²) in [5.41, 5.74) is 1.57. The van der Waals surface area contributed by atoms with Crippen LogP contribution in [0.4, 0.5) is 10.5 Å². The third-order valence-electron chi connectivity index (χ3n) is 4.96. The van der Waals surface area contributed by atoms with Gasteiger partial charge in [-0.3, -0.25) is 0 Å². The summed E-state index contributed by atoms with van der Waals surface area (Å²) in [6.45, 7) is 1.06. The Morgan fingerprint density at radius 1 is 1.07 bits per heavy atom. The molecule has 7 heteroatoms. The van der Waals surface area contributed by atoms with Crippen LogP contribution in [0.15, 0.2) is 59.1 Å². The second kappa shape index (κ2) is 6.99. The minimum absolute atomic E-state index is 0.0616. The number of benzene rings is 2. The van der Waals surface area contributed by atoms with Crippen LogP contribution in [0.1, 0.15) is 24.6 Å². The molecule has 1 aliphatic carbocycles. The van der Waals surface area contributed by atoms with E-state index in [9.17, 15) is 4.79 Å². The van der Waals surface area contributed by atoms with Crippen molar-refractivity contribution in [3.05, 3.63) is 60.4 Å². The number of nitrogens with zero attached hydrogens (tertiary/aromatic N) is 3. The Balaban J connectivity index is 1.21. The first kappa shape index (κ1) is 16.8. The van der Waals surface area contributed by atoms with E-state index < -0.39 is 0 Å². The normalized spacial score (nSPS) is 16.5. The molecule has 142 valence electrons. The van der Waals surface area contributed by atoms with Crippen LogP contribution in [0.2, 0.25) is 0 Å². The highest BCUT2D eigenvalue weighted by Crippen LogP contribution is 2.39. The van der Waals surface area contributed by atoms with E-state index in [-0.39, 0.29) is 12.1 Å². The molecule has 0 radical (unpaired) electrons. The third kappa shape index (κ3) is 3.43. The summed E-state index contributed by atoms with van der Waals surface area (Å²) in [5, 5.41) is 6.96. The first-order valence-corrected chi connectivity index (χ1v) is 9.47. The number of hydrogen-bond donors (Lipinski definition) is 1. The number of nitrogens with one attached hydrogen (secondary N) is 1. The van der Waals surface area contributed by atoms with E-state index in [0.29, 0.717) is 30.6 Å². The van der Waals surface area contributed by atoms with Gasteiger partial charge in [-0.2, -0.15) is 4.98 Å². The number of ether oxygens (including phenoxy) is 1. The van der Waals surface area contributed by atoms with Crippen molar-refractivity contribution >= 4 is 11.7 Å². The molecule has 1 aliphatic heterocycles. The molecule has 2 amide bonds. The highest BCUT2D eigenvalue weighted by atomic mass is 16.5. The Kier molecular flexibility index (Phi) is 4.20. The lowest BCUT2D eigenvalue weighted by Gasteiger charge is -2.39. The largest absolute Gasteiger partial charge is 0.486 e. The SMILES string of the molecule is O=C(Nc1ccccc1)N1CC(Oc2ccccc2-c2nc(C3CC3)no2)C1. The molecule has 0 spiro atoms. The highest BCUT2D eigenvalue weighted by molar-refractivity contribution is 5.89. The summed E-state index contributed by atoms with van der Waals surface area (Å²) < 4.78 is 11.5. The molecular formula is C21H20N4O3. The molecule has 0 atom stereocenters. The molecule has 1 N–H and O–H groups in total. The summed E-state index contributed by atoms with van der Waals surface area (Å²) in [4.78, 5) is 18.5. The number of hydrogen-bond acceptors (Lipinski definition) is 5. The number of amides is 2. The molecule has 1 saturated carbocycles. The molecule has 2 fully saturated rings. The second-order valence-electron chi connectivity index (χ2n) is 7.17. The number of para-hydroxylation sites is 2. The van der Waals surface area contributed by atoms with E-state index in [1.54, 1.807) is 4.90 Å². The van der Waals surface area contributed by atoms with Gasteiger partial charge in [0.15, 0.2) is 5.82 Å². The van der Waals surface area contributed by atoms with Crippen molar-refractivity contribution in [1.82, 2.24) is 15.0 Å². The lowest BCUT2D eigenvalue weighted by atomic mass is 10.1. The standard InChI is InChI=1S/C21H20N4O3/c26-21(22-15-6-2-1-3-7-15)25-12-16(13-25)27-18-9-5-4-8-17(18)20-23-19(24-28-20)14-10-11-14/h1-9,14,16H,10-13H2,(H,22,26). The van der Waals surface area contributed by atoms with Gasteiger partial charge >= 0.3 is 6.03 Å². The smallest absolute Gasteiger partial charge is 0.322 e. The monoisotopic (exact) mass is 376 g/mol. The predicted octanol–water partition coefficient (Wildman–Crippen LogP) is 3.91. The van der Waals surface area contributed by atoms with Crippen LogP contribution in [0.5, 0.6) is 5.75 Å². The van der Waals surface area contributed by atoms with Crippen molar-refractivity contribution in [2.24, 2.45) is 0 Å². The fourth-order valence-electron chi connectivity index (χ4n) is 3.18. The molecule has 1 saturated heterocycles. The van der Waals surface area contributed by atoms with Gasteiger partial charge in [-0.15, -0.1) is 0 Å². The lowest BCUT2D eigenvalue weighted by Crippen LogP contribution is -2.57. The molecule has 7 nitrogen and oxygen atoms in total. The number of urea groups is 1. The number of aromatic nitrogens is 2. The van der Waals surface area contributed by atoms with Gasteiger partial charge < -0.3 is 19.5 Å². The van der Waals surface area contributed by atoms with Crippen molar-refractivity contribution in [2.75, 3.05) is 18.4 Å². The van der Waals surface area contributed by atoms with Gasteiger partial charge in [0.05, 0.1) is 18.7 Å². The van der Waals surface area contributed by atoms with Crippen molar-refractivity contribution in [1.29, 1.82) is 0 Å². The second-order valence-corrected chi connectivity index (χ2v) is 7.17. The average Bonchev–Trinajstić information content (AvgIpc) is 3.42. The molecule has 2 aromatic carbocycles. The zero-order valence-corrected chi connectivity index (χ0v) is 15.2. The molecule has 2 aliphatic rings. The molecule has 2 heterocycles. The van der Waals surface area contributed by atoms with E-state index in [1.165, 1.54) is 0 Å². The molecular weight excluding hydrogens is 356 g/mol. The maximum absolute atomic E-state index is 12.3. The Bertz CT molecular complexity index is 978. The molecule has 1 aromatic heterocycles. The van der Waals surface area contributed by atoms with Gasteiger partial charge in [0.25, 0.3) is 5.89 Å². The van der Waals surface area contributed by atoms with Gasteiger partial charge in [-0.1, -0.05) is 35.5 Å². The van der Waals surface area contributed by atoms with Gasteiger partial charge in [0, 0.05) is 11.6 Å². The quantitative estimate of drug-likeness (QED) is 0.730. The lowest BCUT2D eigenvalue weighted by molar-refractivity contribution is 0.0496. The highest BCUT2D eigenvalue weighted by Gasteiger charge is 2.33. The van der Waals surface area contributed by atoms with Crippen molar-refractivity contribution in [3.8, 4) is 17.2 Å². The molecule has 0 unspecified atom stereocenters. The van der Waals surface area contributed by atoms with Gasteiger partial charge in [0.2, 0.25) is 0 Å². The first-order chi connectivity index (χ1) is 13.8. The summed E-state index contributed by atoms with van der Waals surface area (Å²) in [6.07, 6.45) is 2.19. The fraction of sp³-hybridized carbons (Fsp3) is 0.286. The number of likely N-dealkylation sites (tertiary alicyclic amines) is 1. The van der Waals surface area contributed by atoms with Gasteiger partial charge in [-0.25, -0.2) is 4.79 Å². The molecule has 3 aromatic rings. The Morgan fingerprint density at radius 2 is 1.82 bits per heavy atom. The number of carbonyl (C=O) groups is 1. The van der Waals surface area contributed by atoms with Crippen LogP contribution in [0.25, 0.3) is 11.5 Å². The molecule has 0 bridgehead atoms. The maximum Gasteiger partial charge on any atom is 0.322 e. The van der Waals surface area contributed by atoms with E-state index in [0.717, 1.165) is 29.9 Å². The maximum atomic E-state index is 12.3. The number of carbonyl (C=O) groups excluding carboxylic acids is 1. The Hall–Kier alpha value is -3.35. The summed E-state index contributed by atoms with van der Waals surface area (Å²) >= 11 is 0. The first-order valence-electron chi connectivity index (χ1n) is 9.47. The Labute approximate surface area is 162 Å². The van der Waals surface area contributed by atoms with Crippen molar-refractivity contribution < 1.29 is 14.1 Å². The van der Waals surface area contributed by atoms with Crippen molar-refractivity contribution in [3.63, 3.8) is 0 Å². The van der Waals surface area contributed by atoms with Gasteiger partial charge in [-0.05, 0) is 37.1 Å². The van der Waals surface area contributed by atoms with E-state index in [2.05, 4.69) is 15.5 Å². The predicted molar refractivity (Wildman–Crippen MR) is 103 cm³/mol. The summed E-state index contributed by atoms with van der Waals surface area (Å²) in [5.74, 6) is 2.39. The summed E-state index contributed by atoms with van der Waals surface area (Å²) in [6, 6.07) is 16.9. The van der Waals surface area contributed by atoms with E-state index >= 15 is 0 Å². The number of rotatable bonds is 5. The van der Waals surface area contributed by atoms with Crippen molar-refractivity contribution in [2.45, 2.75) is 24.9 Å².